The minimum Gasteiger partial charge on any atom is -0.495 e. The number of benzene rings is 3. The number of ether oxygens (including phenoxy) is 1. The Morgan fingerprint density at radius 2 is 1.71 bits per heavy atom. The van der Waals surface area contributed by atoms with Gasteiger partial charge in [-0.25, -0.2) is 4.68 Å². The molecule has 0 radical (unpaired) electrons. The lowest BCUT2D eigenvalue weighted by atomic mass is 9.97. The van der Waals surface area contributed by atoms with Gasteiger partial charge in [-0.2, -0.15) is 5.10 Å². The normalized spacial score (nSPS) is 11.9. The van der Waals surface area contributed by atoms with Crippen LogP contribution in [-0.2, 0) is 13.0 Å². The van der Waals surface area contributed by atoms with Crippen molar-refractivity contribution in [3.8, 4) is 16.9 Å². The quantitative estimate of drug-likeness (QED) is 0.351. The van der Waals surface area contributed by atoms with E-state index in [0.717, 1.165) is 22.4 Å². The summed E-state index contributed by atoms with van der Waals surface area (Å²) in [6.45, 7) is 2.10. The maximum atomic E-state index is 13.7. The molecule has 7 heteroatoms. The lowest BCUT2D eigenvalue weighted by Crippen LogP contribution is -2.32. The Morgan fingerprint density at radius 1 is 1.00 bits per heavy atom. The number of methoxy groups -OCH3 is 1. The highest BCUT2D eigenvalue weighted by molar-refractivity contribution is 6.34. The van der Waals surface area contributed by atoms with Crippen LogP contribution in [0.5, 0.6) is 5.75 Å². The number of nitrogens with two attached hydrogens (primary N) is 1. The second-order valence-electron chi connectivity index (χ2n) is 8.04. The maximum Gasteiger partial charge on any atom is 0.275 e. The summed E-state index contributed by atoms with van der Waals surface area (Å²) in [6, 6.07) is 22.2. The molecule has 4 aromatic rings. The molecule has 1 aromatic heterocycles. The average Bonchev–Trinajstić information content (AvgIpc) is 2.85. The van der Waals surface area contributed by atoms with Gasteiger partial charge < -0.3 is 10.5 Å². The molecule has 34 heavy (non-hydrogen) atoms. The van der Waals surface area contributed by atoms with Crippen molar-refractivity contribution >= 4 is 23.2 Å². The topological polar surface area (TPSA) is 70.1 Å². The van der Waals surface area contributed by atoms with E-state index in [1.807, 2.05) is 73.7 Å². The molecule has 0 spiro atoms. The molecule has 3 aromatic carbocycles. The minimum absolute atomic E-state index is 0.216. The van der Waals surface area contributed by atoms with E-state index < -0.39 is 6.04 Å². The van der Waals surface area contributed by atoms with Crippen LogP contribution in [0.25, 0.3) is 11.1 Å². The Bertz CT molecular complexity index is 1370. The molecular weight excluding hydrogens is 469 g/mol. The zero-order chi connectivity index (χ0) is 24.2. The predicted molar refractivity (Wildman–Crippen MR) is 138 cm³/mol. The molecule has 0 amide bonds. The number of rotatable bonds is 7. The van der Waals surface area contributed by atoms with Crippen molar-refractivity contribution < 1.29 is 4.74 Å². The molecule has 0 bridgehead atoms. The van der Waals surface area contributed by atoms with Crippen LogP contribution in [0.3, 0.4) is 0 Å². The Labute approximate surface area is 208 Å². The zero-order valence-corrected chi connectivity index (χ0v) is 20.5. The van der Waals surface area contributed by atoms with E-state index in [0.29, 0.717) is 33.3 Å². The van der Waals surface area contributed by atoms with E-state index in [9.17, 15) is 4.79 Å². The van der Waals surface area contributed by atoms with Gasteiger partial charge in [-0.3, -0.25) is 4.79 Å². The second kappa shape index (κ2) is 10.4. The van der Waals surface area contributed by atoms with Gasteiger partial charge in [0.2, 0.25) is 0 Å². The smallest absolute Gasteiger partial charge is 0.275 e. The van der Waals surface area contributed by atoms with Crippen LogP contribution in [-0.4, -0.2) is 16.9 Å². The van der Waals surface area contributed by atoms with Crippen molar-refractivity contribution in [2.45, 2.75) is 25.9 Å². The third kappa shape index (κ3) is 4.87. The molecule has 0 fully saturated rings. The maximum absolute atomic E-state index is 13.7. The van der Waals surface area contributed by atoms with Crippen LogP contribution in [0.4, 0.5) is 0 Å². The van der Waals surface area contributed by atoms with E-state index >= 15 is 0 Å². The Hall–Kier alpha value is -3.12. The fraction of sp³-hybridized carbons (Fsp3) is 0.185. The Morgan fingerprint density at radius 3 is 2.41 bits per heavy atom. The third-order valence-corrected chi connectivity index (χ3v) is 6.62. The highest BCUT2D eigenvalue weighted by atomic mass is 35.5. The lowest BCUT2D eigenvalue weighted by molar-refractivity contribution is 0.415. The Balaban J connectivity index is 1.88. The van der Waals surface area contributed by atoms with Crippen molar-refractivity contribution in [3.63, 3.8) is 0 Å². The Kier molecular flexibility index (Phi) is 7.37. The van der Waals surface area contributed by atoms with E-state index in [1.54, 1.807) is 13.2 Å². The van der Waals surface area contributed by atoms with E-state index in [4.69, 9.17) is 38.8 Å². The molecule has 0 aliphatic heterocycles. The first-order valence-electron chi connectivity index (χ1n) is 10.9. The predicted octanol–water partition coefficient (Wildman–Crippen LogP) is 5.82. The largest absolute Gasteiger partial charge is 0.495 e. The van der Waals surface area contributed by atoms with Crippen molar-refractivity contribution in [3.05, 3.63) is 116 Å². The molecule has 0 saturated heterocycles. The molecule has 174 valence electrons. The molecule has 5 nitrogen and oxygen atoms in total. The van der Waals surface area contributed by atoms with Crippen LogP contribution >= 0.6 is 23.2 Å². The van der Waals surface area contributed by atoms with Gasteiger partial charge in [0.15, 0.2) is 0 Å². The summed E-state index contributed by atoms with van der Waals surface area (Å²) in [5.74, 6) is 0.495. The van der Waals surface area contributed by atoms with Gasteiger partial charge in [-0.05, 0) is 35.7 Å². The zero-order valence-electron chi connectivity index (χ0n) is 19.0. The van der Waals surface area contributed by atoms with Gasteiger partial charge in [0.25, 0.3) is 5.56 Å². The van der Waals surface area contributed by atoms with E-state index in [-0.39, 0.29) is 12.1 Å². The van der Waals surface area contributed by atoms with Gasteiger partial charge in [0.05, 0.1) is 29.9 Å². The number of hydrogen-bond donors (Lipinski definition) is 1. The first-order valence-corrected chi connectivity index (χ1v) is 11.6. The summed E-state index contributed by atoms with van der Waals surface area (Å²) in [5, 5.41) is 5.74. The molecule has 0 saturated carbocycles. The summed E-state index contributed by atoms with van der Waals surface area (Å²) >= 11 is 13.1. The van der Waals surface area contributed by atoms with E-state index in [2.05, 4.69) is 0 Å². The highest BCUT2D eigenvalue weighted by Gasteiger charge is 2.21. The molecular formula is C27H25Cl2N3O2. The fourth-order valence-electron chi connectivity index (χ4n) is 3.98. The van der Waals surface area contributed by atoms with Gasteiger partial charge in [0, 0.05) is 23.0 Å². The van der Waals surface area contributed by atoms with Crippen molar-refractivity contribution in [2.75, 3.05) is 7.11 Å². The van der Waals surface area contributed by atoms with Gasteiger partial charge in [0.1, 0.15) is 5.75 Å². The van der Waals surface area contributed by atoms with Gasteiger partial charge >= 0.3 is 0 Å². The number of halogens is 2. The van der Waals surface area contributed by atoms with Crippen LogP contribution in [0.15, 0.2) is 77.6 Å². The third-order valence-electron chi connectivity index (χ3n) is 5.86. The second-order valence-corrected chi connectivity index (χ2v) is 8.83. The molecule has 0 aliphatic carbocycles. The summed E-state index contributed by atoms with van der Waals surface area (Å²) in [6.07, 6.45) is 0.459. The highest BCUT2D eigenvalue weighted by Crippen LogP contribution is 2.36. The van der Waals surface area contributed by atoms with E-state index in [1.165, 1.54) is 4.68 Å². The first kappa shape index (κ1) is 24.0. The molecule has 2 N–H and O–H groups in total. The first-order chi connectivity index (χ1) is 16.4. The lowest BCUT2D eigenvalue weighted by Gasteiger charge is -2.19. The summed E-state index contributed by atoms with van der Waals surface area (Å²) in [7, 11) is 1.55. The minimum atomic E-state index is -0.407. The molecule has 0 aliphatic rings. The van der Waals surface area contributed by atoms with Crippen LogP contribution in [0.1, 0.15) is 28.4 Å². The van der Waals surface area contributed by atoms with Crippen molar-refractivity contribution in [1.29, 1.82) is 0 Å². The fourth-order valence-corrected chi connectivity index (χ4v) is 4.48. The van der Waals surface area contributed by atoms with Crippen molar-refractivity contribution in [1.82, 2.24) is 9.78 Å². The standard InChI is InChI=1S/C27H25Cl2N3O2/c1-17-23(15-19-11-6-7-13-21(19)28)31-32(16-22(30)18-9-4-3-5-10-18)27(33)25(17)20-12-8-14-24(34-2)26(20)29/h3-14,22H,15-16,30H2,1-2H3. The number of nitrogens with zero attached hydrogens (tertiary/aromatic N) is 2. The molecule has 1 heterocycles. The SMILES string of the molecule is COc1cccc(-c2c(C)c(Cc3ccccc3Cl)nn(CC(N)c3ccccc3)c2=O)c1Cl. The summed E-state index contributed by atoms with van der Waals surface area (Å²) in [4.78, 5) is 13.7. The van der Waals surface area contributed by atoms with Crippen molar-refractivity contribution in [2.24, 2.45) is 5.73 Å². The average molecular weight is 494 g/mol. The summed E-state index contributed by atoms with van der Waals surface area (Å²) < 4.78 is 6.82. The monoisotopic (exact) mass is 493 g/mol. The van der Waals surface area contributed by atoms with Crippen LogP contribution in [0.2, 0.25) is 10.0 Å². The molecule has 1 unspecified atom stereocenters. The number of hydrogen-bond acceptors (Lipinski definition) is 4. The van der Waals surface area contributed by atoms with Gasteiger partial charge in [-0.15, -0.1) is 0 Å². The number of aromatic nitrogens is 2. The van der Waals surface area contributed by atoms with Crippen LogP contribution < -0.4 is 16.0 Å². The van der Waals surface area contributed by atoms with Crippen LogP contribution in [0, 0.1) is 6.92 Å². The van der Waals surface area contributed by atoms with Gasteiger partial charge in [-0.1, -0.05) is 83.9 Å². The molecule has 4 rings (SSSR count). The molecule has 1 atom stereocenters. The summed E-state index contributed by atoms with van der Waals surface area (Å²) in [5.41, 5.74) is 10.6.